The van der Waals surface area contributed by atoms with Gasteiger partial charge in [-0.15, -0.1) is 0 Å². The lowest BCUT2D eigenvalue weighted by Gasteiger charge is -2.09. The maximum Gasteiger partial charge on any atom is 0.258 e. The topological polar surface area (TPSA) is 55.6 Å². The molecule has 0 bridgehead atoms. The largest absolute Gasteiger partial charge is 0.497 e. The van der Waals surface area contributed by atoms with Crippen LogP contribution in [0.3, 0.4) is 0 Å². The molecule has 1 fully saturated rings. The summed E-state index contributed by atoms with van der Waals surface area (Å²) in [5.41, 5.74) is 1.48. The Balaban J connectivity index is 1.98. The zero-order valence-electron chi connectivity index (χ0n) is 10.9. The van der Waals surface area contributed by atoms with Crippen LogP contribution in [-0.2, 0) is 6.42 Å². The number of methoxy groups -OCH3 is 1. The first-order valence-corrected chi connectivity index (χ1v) is 6.53. The number of aromatic nitrogens is 2. The molecule has 100 valence electrons. The second-order valence-electron chi connectivity index (χ2n) is 4.94. The Hall–Kier alpha value is -1.88. The van der Waals surface area contributed by atoms with E-state index in [1.54, 1.807) is 35.9 Å². The van der Waals surface area contributed by atoms with Crippen LogP contribution in [0.4, 0.5) is 0 Å². The molecule has 2 aromatic heterocycles. The van der Waals surface area contributed by atoms with E-state index in [4.69, 9.17) is 4.74 Å². The summed E-state index contributed by atoms with van der Waals surface area (Å²) in [5, 5.41) is 3.33. The van der Waals surface area contributed by atoms with Crippen LogP contribution in [0, 0.1) is 5.92 Å². The van der Waals surface area contributed by atoms with Crippen LogP contribution in [0.15, 0.2) is 29.2 Å². The van der Waals surface area contributed by atoms with E-state index in [1.807, 2.05) is 0 Å². The van der Waals surface area contributed by atoms with Crippen molar-refractivity contribution in [3.8, 4) is 5.75 Å². The molecule has 0 radical (unpaired) electrons. The maximum atomic E-state index is 12.0. The van der Waals surface area contributed by atoms with Gasteiger partial charge >= 0.3 is 0 Å². The van der Waals surface area contributed by atoms with Gasteiger partial charge in [-0.25, -0.2) is 4.98 Å². The van der Waals surface area contributed by atoms with Crippen molar-refractivity contribution in [2.24, 2.45) is 5.92 Å². The van der Waals surface area contributed by atoms with E-state index in [0.29, 0.717) is 17.3 Å². The highest BCUT2D eigenvalue weighted by Crippen LogP contribution is 2.15. The average Bonchev–Trinajstić information content (AvgIpc) is 2.91. The number of pyridine rings is 1. The third kappa shape index (κ3) is 2.46. The monoisotopic (exact) mass is 259 g/mol. The van der Waals surface area contributed by atoms with Gasteiger partial charge in [0.1, 0.15) is 11.4 Å². The molecule has 0 saturated carbocycles. The van der Waals surface area contributed by atoms with Crippen LogP contribution in [0.25, 0.3) is 5.65 Å². The summed E-state index contributed by atoms with van der Waals surface area (Å²) in [4.78, 5) is 16.6. The van der Waals surface area contributed by atoms with Crippen LogP contribution >= 0.6 is 0 Å². The van der Waals surface area contributed by atoms with Gasteiger partial charge in [0.05, 0.1) is 7.11 Å². The summed E-state index contributed by atoms with van der Waals surface area (Å²) in [7, 11) is 1.61. The molecule has 1 unspecified atom stereocenters. The molecule has 0 aliphatic carbocycles. The van der Waals surface area contributed by atoms with E-state index in [9.17, 15) is 4.79 Å². The molecule has 1 atom stereocenters. The lowest BCUT2D eigenvalue weighted by atomic mass is 10.0. The first-order chi connectivity index (χ1) is 9.26. The van der Waals surface area contributed by atoms with E-state index >= 15 is 0 Å². The molecule has 2 aromatic rings. The third-order valence-corrected chi connectivity index (χ3v) is 3.59. The number of rotatable bonds is 3. The Morgan fingerprint density at radius 3 is 3.16 bits per heavy atom. The summed E-state index contributed by atoms with van der Waals surface area (Å²) in [6.07, 6.45) is 3.71. The van der Waals surface area contributed by atoms with Gasteiger partial charge in [-0.1, -0.05) is 0 Å². The summed E-state index contributed by atoms with van der Waals surface area (Å²) in [6, 6.07) is 5.19. The van der Waals surface area contributed by atoms with Crippen molar-refractivity contribution in [3.63, 3.8) is 0 Å². The SMILES string of the molecule is COc1ccn2c(=O)cc(CC3CCNC3)nc2c1. The molecule has 5 heteroatoms. The predicted molar refractivity (Wildman–Crippen MR) is 72.7 cm³/mol. The van der Waals surface area contributed by atoms with E-state index in [1.165, 1.54) is 0 Å². The maximum absolute atomic E-state index is 12.0. The molecule has 3 rings (SSSR count). The van der Waals surface area contributed by atoms with Gasteiger partial charge in [-0.05, 0) is 37.9 Å². The van der Waals surface area contributed by atoms with Gasteiger partial charge in [-0.2, -0.15) is 0 Å². The van der Waals surface area contributed by atoms with Crippen molar-refractivity contribution < 1.29 is 4.74 Å². The Bertz CT molecular complexity index is 645. The van der Waals surface area contributed by atoms with Gasteiger partial charge in [0.15, 0.2) is 0 Å². The zero-order valence-corrected chi connectivity index (χ0v) is 10.9. The van der Waals surface area contributed by atoms with Crippen molar-refractivity contribution in [2.75, 3.05) is 20.2 Å². The Labute approximate surface area is 111 Å². The van der Waals surface area contributed by atoms with Gasteiger partial charge in [-0.3, -0.25) is 9.20 Å². The fourth-order valence-corrected chi connectivity index (χ4v) is 2.55. The van der Waals surface area contributed by atoms with Crippen molar-refractivity contribution in [1.29, 1.82) is 0 Å². The second kappa shape index (κ2) is 5.01. The fraction of sp³-hybridized carbons (Fsp3) is 0.429. The predicted octanol–water partition coefficient (Wildman–Crippen LogP) is 0.855. The minimum absolute atomic E-state index is 0.0337. The van der Waals surface area contributed by atoms with E-state index in [0.717, 1.165) is 31.6 Å². The zero-order chi connectivity index (χ0) is 13.2. The lowest BCUT2D eigenvalue weighted by Crippen LogP contribution is -2.18. The Morgan fingerprint density at radius 2 is 2.42 bits per heavy atom. The molecule has 0 spiro atoms. The summed E-state index contributed by atoms with van der Waals surface area (Å²) in [6.45, 7) is 2.07. The van der Waals surface area contributed by atoms with Gasteiger partial charge < -0.3 is 10.1 Å². The summed E-state index contributed by atoms with van der Waals surface area (Å²) in [5.74, 6) is 1.30. The quantitative estimate of drug-likeness (QED) is 0.888. The van der Waals surface area contributed by atoms with Crippen molar-refractivity contribution in [2.45, 2.75) is 12.8 Å². The van der Waals surface area contributed by atoms with Gasteiger partial charge in [0.25, 0.3) is 5.56 Å². The van der Waals surface area contributed by atoms with Crippen LogP contribution in [0.1, 0.15) is 12.1 Å². The number of ether oxygens (including phenoxy) is 1. The van der Waals surface area contributed by atoms with Crippen molar-refractivity contribution >= 4 is 5.65 Å². The van der Waals surface area contributed by atoms with Crippen LogP contribution in [-0.4, -0.2) is 29.6 Å². The van der Waals surface area contributed by atoms with Crippen LogP contribution in [0.2, 0.25) is 0 Å². The first-order valence-electron chi connectivity index (χ1n) is 6.53. The number of fused-ring (bicyclic) bond motifs is 1. The van der Waals surface area contributed by atoms with E-state index in [2.05, 4.69) is 10.3 Å². The van der Waals surface area contributed by atoms with Crippen LogP contribution in [0.5, 0.6) is 5.75 Å². The average molecular weight is 259 g/mol. The Kier molecular flexibility index (Phi) is 3.21. The van der Waals surface area contributed by atoms with Gasteiger partial charge in [0, 0.05) is 24.0 Å². The number of nitrogens with zero attached hydrogens (tertiary/aromatic N) is 2. The Morgan fingerprint density at radius 1 is 1.53 bits per heavy atom. The molecule has 1 aliphatic rings. The molecular formula is C14H17N3O2. The molecule has 19 heavy (non-hydrogen) atoms. The smallest absolute Gasteiger partial charge is 0.258 e. The fourth-order valence-electron chi connectivity index (χ4n) is 2.55. The number of nitrogens with one attached hydrogen (secondary N) is 1. The lowest BCUT2D eigenvalue weighted by molar-refractivity contribution is 0.414. The highest BCUT2D eigenvalue weighted by atomic mass is 16.5. The van der Waals surface area contributed by atoms with Gasteiger partial charge in [0.2, 0.25) is 0 Å². The number of hydrogen-bond donors (Lipinski definition) is 1. The van der Waals surface area contributed by atoms with E-state index in [-0.39, 0.29) is 5.56 Å². The minimum atomic E-state index is -0.0337. The molecular weight excluding hydrogens is 242 g/mol. The second-order valence-corrected chi connectivity index (χ2v) is 4.94. The molecule has 0 amide bonds. The van der Waals surface area contributed by atoms with Crippen molar-refractivity contribution in [3.05, 3.63) is 40.4 Å². The van der Waals surface area contributed by atoms with Crippen LogP contribution < -0.4 is 15.6 Å². The minimum Gasteiger partial charge on any atom is -0.497 e. The molecule has 0 aromatic carbocycles. The normalized spacial score (nSPS) is 18.9. The summed E-state index contributed by atoms with van der Waals surface area (Å²) >= 11 is 0. The third-order valence-electron chi connectivity index (χ3n) is 3.59. The summed E-state index contributed by atoms with van der Waals surface area (Å²) < 4.78 is 6.71. The number of hydrogen-bond acceptors (Lipinski definition) is 4. The van der Waals surface area contributed by atoms with Crippen molar-refractivity contribution in [1.82, 2.24) is 14.7 Å². The molecule has 1 saturated heterocycles. The highest BCUT2D eigenvalue weighted by Gasteiger charge is 2.16. The molecule has 1 N–H and O–H groups in total. The molecule has 1 aliphatic heterocycles. The first kappa shape index (κ1) is 12.2. The highest BCUT2D eigenvalue weighted by molar-refractivity contribution is 5.44. The molecule has 3 heterocycles. The van der Waals surface area contributed by atoms with E-state index < -0.39 is 0 Å². The standard InChI is InChI=1S/C14H17N3O2/c1-19-12-3-5-17-13(8-12)16-11(7-14(17)18)6-10-2-4-15-9-10/h3,5,7-8,10,15H,2,4,6,9H2,1H3. The molecule has 5 nitrogen and oxygen atoms in total.